The van der Waals surface area contributed by atoms with E-state index in [-0.39, 0.29) is 41.7 Å². The van der Waals surface area contributed by atoms with Crippen molar-refractivity contribution < 1.29 is 27.6 Å². The highest BCUT2D eigenvalue weighted by molar-refractivity contribution is 6.01. The van der Waals surface area contributed by atoms with Gasteiger partial charge in [-0.15, -0.1) is 10.2 Å². The normalized spacial score (nSPS) is 15.0. The Morgan fingerprint density at radius 3 is 2.60 bits per heavy atom. The average Bonchev–Trinajstić information content (AvgIpc) is 3.40. The largest absolute Gasteiger partial charge is 0.421 e. The molecular formula is C24H20F3N5O3. The first-order valence-corrected chi connectivity index (χ1v) is 10.5. The molecule has 1 aromatic heterocycles. The highest BCUT2D eigenvalue weighted by Gasteiger charge is 2.36. The zero-order valence-corrected chi connectivity index (χ0v) is 18.7. The summed E-state index contributed by atoms with van der Waals surface area (Å²) in [5.41, 5.74) is 0.965. The van der Waals surface area contributed by atoms with Gasteiger partial charge in [-0.3, -0.25) is 4.79 Å². The Labute approximate surface area is 198 Å². The summed E-state index contributed by atoms with van der Waals surface area (Å²) in [6.07, 6.45) is -4.15. The van der Waals surface area contributed by atoms with Gasteiger partial charge in [0.05, 0.1) is 23.2 Å². The van der Waals surface area contributed by atoms with Crippen molar-refractivity contribution in [2.45, 2.75) is 32.0 Å². The fourth-order valence-corrected chi connectivity index (χ4v) is 4.07. The minimum Gasteiger partial charge on any atom is -0.421 e. The second kappa shape index (κ2) is 9.32. The summed E-state index contributed by atoms with van der Waals surface area (Å²) < 4.78 is 45.0. The van der Waals surface area contributed by atoms with Crippen molar-refractivity contribution in [3.8, 4) is 17.5 Å². The van der Waals surface area contributed by atoms with E-state index in [0.717, 1.165) is 17.2 Å². The second-order valence-corrected chi connectivity index (χ2v) is 8.04. The molecule has 1 atom stereocenters. The van der Waals surface area contributed by atoms with Gasteiger partial charge in [0.1, 0.15) is 0 Å². The van der Waals surface area contributed by atoms with E-state index >= 15 is 0 Å². The molecule has 2 aromatic carbocycles. The Balaban J connectivity index is 1.83. The summed E-state index contributed by atoms with van der Waals surface area (Å²) in [6, 6.07) is 10.3. The van der Waals surface area contributed by atoms with Crippen LogP contribution < -0.4 is 5.32 Å². The number of aryl methyl sites for hydroxylation is 1. The first-order valence-electron chi connectivity index (χ1n) is 10.5. The lowest BCUT2D eigenvalue weighted by Gasteiger charge is -2.27. The molecule has 0 saturated carbocycles. The summed E-state index contributed by atoms with van der Waals surface area (Å²) in [7, 11) is 1.35. The van der Waals surface area contributed by atoms with Crippen LogP contribution in [0, 0.1) is 18.3 Å². The summed E-state index contributed by atoms with van der Waals surface area (Å²) in [6.45, 7) is 1.60. The maximum absolute atomic E-state index is 13.2. The predicted octanol–water partition coefficient (Wildman–Crippen LogP) is 5.03. The number of hydrogen-bond acceptors (Lipinski definition) is 8. The van der Waals surface area contributed by atoms with Crippen molar-refractivity contribution in [2.75, 3.05) is 12.4 Å². The summed E-state index contributed by atoms with van der Waals surface area (Å²) in [5, 5.41) is 31.6. The van der Waals surface area contributed by atoms with Crippen LogP contribution in [-0.2, 0) is 11.0 Å². The Morgan fingerprint density at radius 2 is 1.97 bits per heavy atom. The molecule has 4 rings (SSSR count). The minimum absolute atomic E-state index is 0.0971. The number of anilines is 1. The van der Waals surface area contributed by atoms with E-state index in [4.69, 9.17) is 4.42 Å². The van der Waals surface area contributed by atoms with Crippen LogP contribution in [0.4, 0.5) is 18.9 Å². The maximum atomic E-state index is 13.2. The van der Waals surface area contributed by atoms with Gasteiger partial charge in [-0.25, -0.2) is 0 Å². The summed E-state index contributed by atoms with van der Waals surface area (Å²) >= 11 is 0. The Bertz CT molecular complexity index is 1350. The lowest BCUT2D eigenvalue weighted by molar-refractivity contribution is -0.137. The topological polar surface area (TPSA) is 115 Å². The minimum atomic E-state index is -4.52. The fourth-order valence-electron chi connectivity index (χ4n) is 4.07. The number of rotatable bonds is 6. The lowest BCUT2D eigenvalue weighted by atomic mass is 9.91. The van der Waals surface area contributed by atoms with Gasteiger partial charge in [-0.1, -0.05) is 12.1 Å². The van der Waals surface area contributed by atoms with E-state index in [0.29, 0.717) is 22.4 Å². The third-order valence-corrected chi connectivity index (χ3v) is 5.59. The highest BCUT2D eigenvalue weighted by atomic mass is 19.4. The number of hydroxylamine groups is 2. The van der Waals surface area contributed by atoms with Crippen LogP contribution in [0.5, 0.6) is 0 Å². The molecule has 3 aromatic rings. The molecule has 11 heteroatoms. The third-order valence-electron chi connectivity index (χ3n) is 5.59. The summed E-state index contributed by atoms with van der Waals surface area (Å²) in [4.78, 5) is 13.0. The number of aromatic nitrogens is 2. The zero-order valence-electron chi connectivity index (χ0n) is 18.7. The van der Waals surface area contributed by atoms with E-state index in [1.54, 1.807) is 13.0 Å². The van der Waals surface area contributed by atoms with Crippen molar-refractivity contribution in [3.05, 3.63) is 76.3 Å². The van der Waals surface area contributed by atoms with Gasteiger partial charge in [0.15, 0.2) is 5.78 Å². The van der Waals surface area contributed by atoms with Crippen LogP contribution in [0.1, 0.15) is 41.5 Å². The van der Waals surface area contributed by atoms with E-state index in [1.165, 1.54) is 31.3 Å². The molecule has 35 heavy (non-hydrogen) atoms. The predicted molar refractivity (Wildman–Crippen MR) is 118 cm³/mol. The molecule has 1 aliphatic rings. The van der Waals surface area contributed by atoms with Crippen molar-refractivity contribution in [1.29, 1.82) is 5.26 Å². The molecule has 0 amide bonds. The number of likely N-dealkylation sites (N-methyl/N-ethyl adjacent to an activating group) is 1. The standard InChI is InChI=1S/C24H20F3N5O3/c1-13-30-31-23(35-13)18-10-14(12-28)6-7-17(18)22(32(2)34)21-19(8-9-20(21)33)29-16-5-3-4-15(11-16)24(25,26)27/h3-7,10-11,22,29,34H,8-9H2,1-2H3. The van der Waals surface area contributed by atoms with Crippen LogP contribution in [0.2, 0.25) is 0 Å². The van der Waals surface area contributed by atoms with Crippen molar-refractivity contribution in [2.24, 2.45) is 0 Å². The first-order chi connectivity index (χ1) is 16.6. The molecule has 1 unspecified atom stereocenters. The number of benzene rings is 2. The Hall–Kier alpha value is -4.01. The first kappa shape index (κ1) is 24.1. The number of nitriles is 1. The van der Waals surface area contributed by atoms with Crippen LogP contribution in [0.25, 0.3) is 11.5 Å². The quantitative estimate of drug-likeness (QED) is 0.470. The number of hydrogen-bond donors (Lipinski definition) is 2. The van der Waals surface area contributed by atoms with E-state index < -0.39 is 17.8 Å². The van der Waals surface area contributed by atoms with Crippen LogP contribution in [-0.4, -0.2) is 33.3 Å². The number of nitrogens with zero attached hydrogens (tertiary/aromatic N) is 4. The molecule has 1 heterocycles. The van der Waals surface area contributed by atoms with Gasteiger partial charge in [0, 0.05) is 42.9 Å². The second-order valence-electron chi connectivity index (χ2n) is 8.04. The van der Waals surface area contributed by atoms with E-state index in [9.17, 15) is 28.4 Å². The van der Waals surface area contributed by atoms with Crippen molar-refractivity contribution >= 4 is 11.5 Å². The summed E-state index contributed by atoms with van der Waals surface area (Å²) in [5.74, 6) is 0.104. The van der Waals surface area contributed by atoms with Crippen LogP contribution in [0.3, 0.4) is 0 Å². The van der Waals surface area contributed by atoms with Gasteiger partial charge < -0.3 is 14.9 Å². The molecule has 2 N–H and O–H groups in total. The third kappa shape index (κ3) is 4.94. The molecule has 8 nitrogen and oxygen atoms in total. The average molecular weight is 483 g/mol. The number of carbonyl (C=O) groups excluding carboxylic acids is 1. The van der Waals surface area contributed by atoms with Gasteiger partial charge >= 0.3 is 6.18 Å². The number of ketones is 1. The van der Waals surface area contributed by atoms with Gasteiger partial charge in [-0.2, -0.15) is 23.5 Å². The molecule has 0 spiro atoms. The van der Waals surface area contributed by atoms with Gasteiger partial charge in [0.2, 0.25) is 11.8 Å². The highest BCUT2D eigenvalue weighted by Crippen LogP contribution is 2.41. The number of halogens is 3. The molecule has 0 saturated heterocycles. The van der Waals surface area contributed by atoms with Gasteiger partial charge in [-0.05, 0) is 42.3 Å². The molecule has 0 radical (unpaired) electrons. The van der Waals surface area contributed by atoms with E-state index in [1.807, 2.05) is 6.07 Å². The smallest absolute Gasteiger partial charge is 0.416 e. The fraction of sp³-hybridized carbons (Fsp3) is 0.250. The van der Waals surface area contributed by atoms with E-state index in [2.05, 4.69) is 15.5 Å². The maximum Gasteiger partial charge on any atom is 0.416 e. The van der Waals surface area contributed by atoms with Gasteiger partial charge in [0.25, 0.3) is 0 Å². The molecule has 1 aliphatic carbocycles. The number of nitrogens with one attached hydrogen (secondary N) is 1. The molecule has 0 aliphatic heterocycles. The zero-order chi connectivity index (χ0) is 25.3. The lowest BCUT2D eigenvalue weighted by Crippen LogP contribution is -2.27. The molecule has 0 bridgehead atoms. The van der Waals surface area contributed by atoms with Crippen molar-refractivity contribution in [1.82, 2.24) is 15.3 Å². The van der Waals surface area contributed by atoms with Crippen LogP contribution >= 0.6 is 0 Å². The number of carbonyl (C=O) groups is 1. The SMILES string of the molecule is Cc1nnc(-c2cc(C#N)ccc2C(C2=C(Nc3cccc(C(F)(F)F)c3)CCC2=O)N(C)O)o1. The Morgan fingerprint density at radius 1 is 1.20 bits per heavy atom. The molecule has 180 valence electrons. The molecule has 0 fully saturated rings. The molecular weight excluding hydrogens is 463 g/mol. The Kier molecular flexibility index (Phi) is 6.43. The van der Waals surface area contributed by atoms with Crippen LogP contribution in [0.15, 0.2) is 58.2 Å². The number of allylic oxidation sites excluding steroid dienone is 1. The van der Waals surface area contributed by atoms with Crippen molar-refractivity contribution in [3.63, 3.8) is 0 Å². The number of Topliss-reactive ketones (excluding diaryl/α,β-unsaturated/α-hetero) is 1. The monoisotopic (exact) mass is 483 g/mol. The number of alkyl halides is 3.